The summed E-state index contributed by atoms with van der Waals surface area (Å²) in [7, 11) is 2.08. The van der Waals surface area contributed by atoms with Crippen LogP contribution in [0, 0.1) is 5.92 Å². The monoisotopic (exact) mass is 566 g/mol. The second-order valence-electron chi connectivity index (χ2n) is 11.7. The average Bonchev–Trinajstić information content (AvgIpc) is 3.31. The van der Waals surface area contributed by atoms with Gasteiger partial charge in [0.05, 0.1) is 5.56 Å². The van der Waals surface area contributed by atoms with Gasteiger partial charge < -0.3 is 4.90 Å². The summed E-state index contributed by atoms with van der Waals surface area (Å²) in [5.74, 6) is 0.840. The Balaban J connectivity index is 1.15. The molecule has 1 unspecified atom stereocenters. The van der Waals surface area contributed by atoms with Crippen molar-refractivity contribution in [2.45, 2.75) is 67.9 Å². The van der Waals surface area contributed by atoms with E-state index < -0.39 is 11.7 Å². The standard InChI is InChI=1S/C34H41F3N2S/c1-38(40-31-16-14-30(15-17-31)34(35,36)37)26-33(21-18-29-12-5-6-13-32(29)33)22-25-39-23-19-28(20-24-39)11-7-10-27-8-3-2-4-9-27/h2-6,8-9,12-17,28H,7,10-11,18-26H2,1H3. The summed E-state index contributed by atoms with van der Waals surface area (Å²) in [6.07, 6.45) is 5.40. The van der Waals surface area contributed by atoms with E-state index in [9.17, 15) is 13.2 Å². The largest absolute Gasteiger partial charge is 0.416 e. The first kappa shape index (κ1) is 29.2. The lowest BCUT2D eigenvalue weighted by Crippen LogP contribution is -2.41. The first-order chi connectivity index (χ1) is 19.3. The van der Waals surface area contributed by atoms with Crippen molar-refractivity contribution in [3.63, 3.8) is 0 Å². The van der Waals surface area contributed by atoms with E-state index in [0.717, 1.165) is 43.2 Å². The van der Waals surface area contributed by atoms with Crippen molar-refractivity contribution in [1.29, 1.82) is 0 Å². The second kappa shape index (κ2) is 13.1. The topological polar surface area (TPSA) is 6.48 Å². The molecule has 40 heavy (non-hydrogen) atoms. The first-order valence-corrected chi connectivity index (χ1v) is 15.5. The molecule has 0 radical (unpaired) electrons. The van der Waals surface area contributed by atoms with E-state index >= 15 is 0 Å². The second-order valence-corrected chi connectivity index (χ2v) is 13.0. The smallest absolute Gasteiger partial charge is 0.303 e. The molecule has 1 fully saturated rings. The molecule has 6 heteroatoms. The summed E-state index contributed by atoms with van der Waals surface area (Å²) in [6, 6.07) is 25.2. The molecule has 2 nitrogen and oxygen atoms in total. The molecule has 1 heterocycles. The Morgan fingerprint density at radius 1 is 0.925 bits per heavy atom. The van der Waals surface area contributed by atoms with Crippen LogP contribution in [0.4, 0.5) is 13.2 Å². The molecule has 2 aliphatic rings. The Hall–Kier alpha value is -2.28. The zero-order valence-electron chi connectivity index (χ0n) is 23.5. The molecule has 3 aromatic rings. The fourth-order valence-corrected chi connectivity index (χ4v) is 7.65. The molecule has 1 saturated heterocycles. The van der Waals surface area contributed by atoms with Crippen LogP contribution in [-0.2, 0) is 24.4 Å². The zero-order chi connectivity index (χ0) is 28.0. The number of rotatable bonds is 11. The summed E-state index contributed by atoms with van der Waals surface area (Å²) < 4.78 is 41.2. The third-order valence-electron chi connectivity index (χ3n) is 8.96. The van der Waals surface area contributed by atoms with Crippen molar-refractivity contribution in [3.05, 3.63) is 101 Å². The van der Waals surface area contributed by atoms with Gasteiger partial charge in [-0.1, -0.05) is 61.0 Å². The third kappa shape index (κ3) is 7.51. The van der Waals surface area contributed by atoms with E-state index in [1.54, 1.807) is 24.1 Å². The first-order valence-electron chi connectivity index (χ1n) is 14.7. The minimum absolute atomic E-state index is 0.0663. The van der Waals surface area contributed by atoms with Crippen molar-refractivity contribution >= 4 is 11.9 Å². The van der Waals surface area contributed by atoms with Gasteiger partial charge in [-0.05, 0) is 130 Å². The number of benzene rings is 3. The van der Waals surface area contributed by atoms with Gasteiger partial charge in [-0.15, -0.1) is 0 Å². The van der Waals surface area contributed by atoms with Crippen LogP contribution in [0.3, 0.4) is 0 Å². The molecule has 0 N–H and O–H groups in total. The van der Waals surface area contributed by atoms with Crippen LogP contribution in [0.15, 0.2) is 83.8 Å². The molecule has 1 atom stereocenters. The van der Waals surface area contributed by atoms with Crippen molar-refractivity contribution in [3.8, 4) is 0 Å². The van der Waals surface area contributed by atoms with E-state index in [1.165, 1.54) is 74.0 Å². The van der Waals surface area contributed by atoms with E-state index in [4.69, 9.17) is 0 Å². The molecule has 0 bridgehead atoms. The lowest BCUT2D eigenvalue weighted by Gasteiger charge is -2.38. The molecular weight excluding hydrogens is 525 g/mol. The summed E-state index contributed by atoms with van der Waals surface area (Å²) in [5.41, 5.74) is 3.83. The third-order valence-corrected chi connectivity index (χ3v) is 9.89. The van der Waals surface area contributed by atoms with Crippen LogP contribution in [-0.4, -0.2) is 42.4 Å². The number of alkyl halides is 3. The number of hydrogen-bond acceptors (Lipinski definition) is 3. The molecule has 3 aromatic carbocycles. The van der Waals surface area contributed by atoms with E-state index in [2.05, 4.69) is 70.9 Å². The van der Waals surface area contributed by atoms with Gasteiger partial charge in [-0.25, -0.2) is 4.31 Å². The van der Waals surface area contributed by atoms with Gasteiger partial charge >= 0.3 is 6.18 Å². The minimum atomic E-state index is -4.30. The number of halogens is 3. The zero-order valence-corrected chi connectivity index (χ0v) is 24.3. The molecule has 0 spiro atoms. The quantitative estimate of drug-likeness (QED) is 0.215. The highest BCUT2D eigenvalue weighted by atomic mass is 32.2. The number of nitrogens with zero attached hydrogens (tertiary/aromatic N) is 2. The molecule has 0 aromatic heterocycles. The Bertz CT molecular complexity index is 1210. The summed E-state index contributed by atoms with van der Waals surface area (Å²) >= 11 is 1.54. The normalized spacial score (nSPS) is 20.2. The van der Waals surface area contributed by atoms with Crippen molar-refractivity contribution in [2.75, 3.05) is 33.2 Å². The van der Waals surface area contributed by atoms with Crippen molar-refractivity contribution in [1.82, 2.24) is 9.21 Å². The Kier molecular flexibility index (Phi) is 9.60. The SMILES string of the molecule is CN(CC1(CCN2CCC(CCCc3ccccc3)CC2)CCc2ccccc21)Sc1ccc(C(F)(F)F)cc1. The number of likely N-dealkylation sites (tertiary alicyclic amines) is 1. The Labute approximate surface area is 242 Å². The highest BCUT2D eigenvalue weighted by Crippen LogP contribution is 2.44. The number of likely N-dealkylation sites (N-methyl/N-ethyl adjacent to an activating group) is 1. The molecule has 0 amide bonds. The van der Waals surface area contributed by atoms with Crippen LogP contribution >= 0.6 is 11.9 Å². The van der Waals surface area contributed by atoms with Crippen LogP contribution in [0.5, 0.6) is 0 Å². The fourth-order valence-electron chi connectivity index (χ4n) is 6.72. The maximum absolute atomic E-state index is 13.0. The predicted octanol–water partition coefficient (Wildman–Crippen LogP) is 8.65. The van der Waals surface area contributed by atoms with Gasteiger partial charge in [0.15, 0.2) is 0 Å². The highest BCUT2D eigenvalue weighted by Gasteiger charge is 2.40. The van der Waals surface area contributed by atoms with Crippen LogP contribution < -0.4 is 0 Å². The lowest BCUT2D eigenvalue weighted by molar-refractivity contribution is -0.137. The molecule has 214 valence electrons. The summed E-state index contributed by atoms with van der Waals surface area (Å²) in [6.45, 7) is 4.35. The fraction of sp³-hybridized carbons (Fsp3) is 0.471. The molecule has 1 aliphatic heterocycles. The van der Waals surface area contributed by atoms with Gasteiger partial charge in [-0.3, -0.25) is 0 Å². The highest BCUT2D eigenvalue weighted by molar-refractivity contribution is 7.97. The number of aryl methyl sites for hydroxylation is 2. The van der Waals surface area contributed by atoms with Gasteiger partial charge in [0.1, 0.15) is 0 Å². The molecule has 1 aliphatic carbocycles. The van der Waals surface area contributed by atoms with Gasteiger partial charge in [-0.2, -0.15) is 13.2 Å². The maximum atomic E-state index is 13.0. The van der Waals surface area contributed by atoms with Crippen molar-refractivity contribution in [2.24, 2.45) is 5.92 Å². The maximum Gasteiger partial charge on any atom is 0.416 e. The van der Waals surface area contributed by atoms with Crippen LogP contribution in [0.25, 0.3) is 0 Å². The number of fused-ring (bicyclic) bond motifs is 1. The number of piperidine rings is 1. The van der Waals surface area contributed by atoms with E-state index in [-0.39, 0.29) is 5.41 Å². The summed E-state index contributed by atoms with van der Waals surface area (Å²) in [4.78, 5) is 3.51. The van der Waals surface area contributed by atoms with Gasteiger partial charge in [0, 0.05) is 16.9 Å². The van der Waals surface area contributed by atoms with Gasteiger partial charge in [0.2, 0.25) is 0 Å². The van der Waals surface area contributed by atoms with E-state index in [1.807, 2.05) is 0 Å². The van der Waals surface area contributed by atoms with Crippen molar-refractivity contribution < 1.29 is 13.2 Å². The van der Waals surface area contributed by atoms with Crippen LogP contribution in [0.2, 0.25) is 0 Å². The summed E-state index contributed by atoms with van der Waals surface area (Å²) in [5, 5.41) is 0. The predicted molar refractivity (Wildman–Crippen MR) is 160 cm³/mol. The average molecular weight is 567 g/mol. The minimum Gasteiger partial charge on any atom is -0.303 e. The van der Waals surface area contributed by atoms with E-state index in [0.29, 0.717) is 0 Å². The molecule has 0 saturated carbocycles. The van der Waals surface area contributed by atoms with Gasteiger partial charge in [0.25, 0.3) is 0 Å². The molecule has 5 rings (SSSR count). The lowest BCUT2D eigenvalue weighted by atomic mass is 9.78. The Morgan fingerprint density at radius 3 is 2.35 bits per heavy atom. The number of hydrogen-bond donors (Lipinski definition) is 0. The van der Waals surface area contributed by atoms with Crippen LogP contribution in [0.1, 0.15) is 60.8 Å². The Morgan fingerprint density at radius 2 is 1.62 bits per heavy atom. The molecular formula is C34H41F3N2S.